The Morgan fingerprint density at radius 2 is 1.69 bits per heavy atom. The summed E-state index contributed by atoms with van der Waals surface area (Å²) in [5.74, 6) is 2.10. The van der Waals surface area contributed by atoms with E-state index >= 15 is 0 Å². The zero-order chi connectivity index (χ0) is 26.4. The lowest BCUT2D eigenvalue weighted by atomic mass is 10.0. The number of hydrogen-bond donors (Lipinski definition) is 1. The van der Waals surface area contributed by atoms with Crippen LogP contribution in [0.15, 0.2) is 53.7 Å². The third kappa shape index (κ3) is 7.20. The molecule has 3 rings (SSSR count). The van der Waals surface area contributed by atoms with Crippen LogP contribution in [0.2, 0.25) is 0 Å². The van der Waals surface area contributed by atoms with E-state index in [1.807, 2.05) is 30.5 Å². The average Bonchev–Trinajstić information content (AvgIpc) is 3.20. The second kappa shape index (κ2) is 12.2. The van der Waals surface area contributed by atoms with Crippen LogP contribution >= 0.6 is 11.8 Å². The minimum atomic E-state index is -0.422. The molecule has 0 radical (unpaired) electrons. The maximum absolute atomic E-state index is 12.9. The standard InChI is InChI=1S/C28H36N4O3S/c1-17(2)16-32-26(20(6)35-25-13-11-22(12-14-25)18(3)4)30-31-28(32)36-21(7)27(34)29-24-10-8-9-23(15-24)19(5)33/h8-15,17-18,20-21H,16H2,1-7H3,(H,29,34). The first kappa shape index (κ1) is 27.5. The van der Waals surface area contributed by atoms with Gasteiger partial charge >= 0.3 is 0 Å². The Labute approximate surface area is 218 Å². The van der Waals surface area contributed by atoms with Gasteiger partial charge < -0.3 is 14.6 Å². The summed E-state index contributed by atoms with van der Waals surface area (Å²) < 4.78 is 8.24. The fraction of sp³-hybridized carbons (Fsp3) is 0.429. The van der Waals surface area contributed by atoms with E-state index < -0.39 is 5.25 Å². The normalized spacial score (nSPS) is 13.0. The maximum Gasteiger partial charge on any atom is 0.237 e. The van der Waals surface area contributed by atoms with Gasteiger partial charge in [-0.1, -0.05) is 63.7 Å². The zero-order valence-corrected chi connectivity index (χ0v) is 22.9. The number of nitrogens with zero attached hydrogens (tertiary/aromatic N) is 3. The third-order valence-electron chi connectivity index (χ3n) is 5.70. The van der Waals surface area contributed by atoms with Gasteiger partial charge in [0.15, 0.2) is 22.9 Å². The molecule has 0 aliphatic carbocycles. The minimum absolute atomic E-state index is 0.0463. The van der Waals surface area contributed by atoms with Crippen molar-refractivity contribution in [3.63, 3.8) is 0 Å². The summed E-state index contributed by atoms with van der Waals surface area (Å²) in [4.78, 5) is 24.5. The van der Waals surface area contributed by atoms with Gasteiger partial charge in [0.1, 0.15) is 5.75 Å². The average molecular weight is 509 g/mol. The number of aromatic nitrogens is 3. The maximum atomic E-state index is 12.9. The molecule has 3 aromatic rings. The van der Waals surface area contributed by atoms with Crippen molar-refractivity contribution in [1.82, 2.24) is 14.8 Å². The first-order chi connectivity index (χ1) is 17.0. The summed E-state index contributed by atoms with van der Waals surface area (Å²) in [5, 5.41) is 12.0. The molecular formula is C28H36N4O3S. The van der Waals surface area contributed by atoms with E-state index in [2.05, 4.69) is 55.3 Å². The number of ether oxygens (including phenoxy) is 1. The fourth-order valence-electron chi connectivity index (χ4n) is 3.68. The Kier molecular flexibility index (Phi) is 9.31. The molecule has 192 valence electrons. The molecule has 7 nitrogen and oxygen atoms in total. The van der Waals surface area contributed by atoms with Crippen molar-refractivity contribution >= 4 is 29.1 Å². The highest BCUT2D eigenvalue weighted by Gasteiger charge is 2.24. The van der Waals surface area contributed by atoms with Crippen LogP contribution in [-0.4, -0.2) is 31.7 Å². The van der Waals surface area contributed by atoms with Crippen molar-refractivity contribution < 1.29 is 14.3 Å². The summed E-state index contributed by atoms with van der Waals surface area (Å²) in [5.41, 5.74) is 2.41. The topological polar surface area (TPSA) is 86.1 Å². The highest BCUT2D eigenvalue weighted by Crippen LogP contribution is 2.29. The SMILES string of the molecule is CC(=O)c1cccc(NC(=O)C(C)Sc2nnc(C(C)Oc3ccc(C(C)C)cc3)n2CC(C)C)c1. The number of ketones is 1. The van der Waals surface area contributed by atoms with Gasteiger partial charge in [0, 0.05) is 17.8 Å². The van der Waals surface area contributed by atoms with Crippen LogP contribution in [0.25, 0.3) is 0 Å². The molecule has 1 aromatic heterocycles. The lowest BCUT2D eigenvalue weighted by Crippen LogP contribution is -2.23. The molecule has 0 fully saturated rings. The molecule has 1 heterocycles. The predicted octanol–water partition coefficient (Wildman–Crippen LogP) is 6.52. The number of amides is 1. The van der Waals surface area contributed by atoms with Gasteiger partial charge in [0.25, 0.3) is 0 Å². The lowest BCUT2D eigenvalue weighted by Gasteiger charge is -2.19. The van der Waals surface area contributed by atoms with Crippen LogP contribution in [0, 0.1) is 5.92 Å². The van der Waals surface area contributed by atoms with E-state index in [4.69, 9.17) is 4.74 Å². The van der Waals surface area contributed by atoms with E-state index in [0.29, 0.717) is 34.8 Å². The molecule has 2 unspecified atom stereocenters. The Hall–Kier alpha value is -3.13. The van der Waals surface area contributed by atoms with E-state index in [1.54, 1.807) is 24.3 Å². The zero-order valence-electron chi connectivity index (χ0n) is 22.1. The second-order valence-corrected chi connectivity index (χ2v) is 11.0. The summed E-state index contributed by atoms with van der Waals surface area (Å²) >= 11 is 1.35. The first-order valence-corrected chi connectivity index (χ1v) is 13.2. The van der Waals surface area contributed by atoms with Gasteiger partial charge in [0.2, 0.25) is 5.91 Å². The number of anilines is 1. The van der Waals surface area contributed by atoms with E-state index in [-0.39, 0.29) is 17.8 Å². The molecule has 0 aliphatic heterocycles. The molecule has 0 saturated carbocycles. The Morgan fingerprint density at radius 3 is 2.31 bits per heavy atom. The van der Waals surface area contributed by atoms with Gasteiger partial charge in [0.05, 0.1) is 5.25 Å². The highest BCUT2D eigenvalue weighted by molar-refractivity contribution is 8.00. The molecule has 1 amide bonds. The molecule has 0 saturated heterocycles. The van der Waals surface area contributed by atoms with Crippen LogP contribution in [0.3, 0.4) is 0 Å². The summed E-state index contributed by atoms with van der Waals surface area (Å²) in [7, 11) is 0. The predicted molar refractivity (Wildman–Crippen MR) is 145 cm³/mol. The molecule has 0 bridgehead atoms. The van der Waals surface area contributed by atoms with Gasteiger partial charge in [-0.2, -0.15) is 0 Å². The molecule has 0 spiro atoms. The quantitative estimate of drug-likeness (QED) is 0.234. The number of carbonyl (C=O) groups excluding carboxylic acids is 2. The van der Waals surface area contributed by atoms with Gasteiger partial charge in [-0.25, -0.2) is 0 Å². The molecule has 8 heteroatoms. The third-order valence-corrected chi connectivity index (χ3v) is 6.78. The Bertz CT molecular complexity index is 1190. The van der Waals surface area contributed by atoms with Crippen molar-refractivity contribution in [3.05, 3.63) is 65.5 Å². The van der Waals surface area contributed by atoms with Crippen LogP contribution < -0.4 is 10.1 Å². The van der Waals surface area contributed by atoms with Crippen LogP contribution in [0.4, 0.5) is 5.69 Å². The molecule has 2 aromatic carbocycles. The van der Waals surface area contributed by atoms with E-state index in [0.717, 1.165) is 11.6 Å². The number of thioether (sulfide) groups is 1. The van der Waals surface area contributed by atoms with Crippen molar-refractivity contribution in [2.45, 2.75) is 77.4 Å². The molecule has 2 atom stereocenters. The monoisotopic (exact) mass is 508 g/mol. The largest absolute Gasteiger partial charge is 0.483 e. The number of benzene rings is 2. The smallest absolute Gasteiger partial charge is 0.237 e. The molecule has 1 N–H and O–H groups in total. The second-order valence-electron chi connectivity index (χ2n) is 9.72. The van der Waals surface area contributed by atoms with Crippen molar-refractivity contribution in [3.8, 4) is 5.75 Å². The Morgan fingerprint density at radius 1 is 1.00 bits per heavy atom. The fourth-order valence-corrected chi connectivity index (χ4v) is 4.55. The van der Waals surface area contributed by atoms with Crippen molar-refractivity contribution in [1.29, 1.82) is 0 Å². The van der Waals surface area contributed by atoms with Gasteiger partial charge in [-0.15, -0.1) is 10.2 Å². The highest BCUT2D eigenvalue weighted by atomic mass is 32.2. The number of carbonyl (C=O) groups is 2. The summed E-state index contributed by atoms with van der Waals surface area (Å²) in [6, 6.07) is 15.1. The van der Waals surface area contributed by atoms with Gasteiger partial charge in [-0.05, 0) is 62.4 Å². The van der Waals surface area contributed by atoms with Crippen LogP contribution in [0.1, 0.15) is 82.2 Å². The molecule has 0 aliphatic rings. The number of rotatable bonds is 11. The van der Waals surface area contributed by atoms with Crippen molar-refractivity contribution in [2.24, 2.45) is 5.92 Å². The van der Waals surface area contributed by atoms with Crippen LogP contribution in [0.5, 0.6) is 5.75 Å². The number of Topliss-reactive ketones (excluding diaryl/α,β-unsaturated/α-hetero) is 1. The van der Waals surface area contributed by atoms with E-state index in [9.17, 15) is 9.59 Å². The molecular weight excluding hydrogens is 472 g/mol. The Balaban J connectivity index is 1.74. The summed E-state index contributed by atoms with van der Waals surface area (Å²) in [6.07, 6.45) is -0.311. The molecule has 36 heavy (non-hydrogen) atoms. The van der Waals surface area contributed by atoms with Gasteiger partial charge in [-0.3, -0.25) is 9.59 Å². The minimum Gasteiger partial charge on any atom is -0.483 e. The number of hydrogen-bond acceptors (Lipinski definition) is 6. The van der Waals surface area contributed by atoms with Crippen LogP contribution in [-0.2, 0) is 11.3 Å². The number of nitrogens with one attached hydrogen (secondary N) is 1. The van der Waals surface area contributed by atoms with E-state index in [1.165, 1.54) is 24.2 Å². The summed E-state index contributed by atoms with van der Waals surface area (Å²) in [6.45, 7) is 14.6. The first-order valence-electron chi connectivity index (χ1n) is 12.3. The van der Waals surface area contributed by atoms with Crippen molar-refractivity contribution in [2.75, 3.05) is 5.32 Å². The lowest BCUT2D eigenvalue weighted by molar-refractivity contribution is -0.115.